The van der Waals surface area contributed by atoms with Crippen molar-refractivity contribution in [2.75, 3.05) is 26.2 Å². The van der Waals surface area contributed by atoms with E-state index in [0.717, 1.165) is 19.2 Å². The van der Waals surface area contributed by atoms with Crippen molar-refractivity contribution in [3.8, 4) is 0 Å². The van der Waals surface area contributed by atoms with Gasteiger partial charge in [0.15, 0.2) is 11.6 Å². The largest absolute Gasteiger partial charge is 0.448 e. The maximum Gasteiger partial charge on any atom is 0.410 e. The van der Waals surface area contributed by atoms with Crippen LogP contribution in [0.1, 0.15) is 18.4 Å². The number of carbonyl (C=O) groups excluding carboxylic acids is 1. The molecule has 0 radical (unpaired) electrons. The number of hydrogen-bond donors (Lipinski definition) is 1. The average Bonchev–Trinajstić information content (AvgIpc) is 2.89. The number of carbonyl (C=O) groups is 1. The molecule has 20 heavy (non-hydrogen) atoms. The molecule has 0 unspecified atom stereocenters. The molecular formula is C14H16F2N2O2. The summed E-state index contributed by atoms with van der Waals surface area (Å²) in [5.41, 5.74) is 0.0321. The molecule has 1 N–H and O–H groups in total. The van der Waals surface area contributed by atoms with Crippen LogP contribution in [0.4, 0.5) is 13.6 Å². The lowest BCUT2D eigenvalue weighted by molar-refractivity contribution is 0.0854. The van der Waals surface area contributed by atoms with E-state index in [2.05, 4.69) is 5.32 Å². The first-order valence-corrected chi connectivity index (χ1v) is 6.74. The van der Waals surface area contributed by atoms with Crippen LogP contribution in [0, 0.1) is 11.6 Å². The fourth-order valence-corrected chi connectivity index (χ4v) is 3.12. The Morgan fingerprint density at radius 3 is 2.55 bits per heavy atom. The molecule has 1 aromatic rings. The van der Waals surface area contributed by atoms with E-state index >= 15 is 0 Å². The molecule has 0 atom stereocenters. The highest BCUT2D eigenvalue weighted by atomic mass is 19.2. The number of halogens is 2. The zero-order chi connectivity index (χ0) is 14.2. The summed E-state index contributed by atoms with van der Waals surface area (Å²) in [7, 11) is 0. The van der Waals surface area contributed by atoms with Crippen LogP contribution < -0.4 is 5.32 Å². The van der Waals surface area contributed by atoms with Gasteiger partial charge >= 0.3 is 6.09 Å². The Labute approximate surface area is 115 Å². The van der Waals surface area contributed by atoms with Crippen molar-refractivity contribution in [3.63, 3.8) is 0 Å². The minimum atomic E-state index is -0.882. The van der Waals surface area contributed by atoms with E-state index in [1.165, 1.54) is 6.07 Å². The summed E-state index contributed by atoms with van der Waals surface area (Å²) in [6.45, 7) is 2.28. The molecule has 2 aliphatic rings. The molecule has 1 amide bonds. The van der Waals surface area contributed by atoms with Crippen LogP contribution >= 0.6 is 0 Å². The topological polar surface area (TPSA) is 41.6 Å². The molecule has 2 aliphatic heterocycles. The average molecular weight is 282 g/mol. The lowest BCUT2D eigenvalue weighted by Gasteiger charge is -2.44. The van der Waals surface area contributed by atoms with Crippen LogP contribution in [0.15, 0.2) is 18.2 Å². The van der Waals surface area contributed by atoms with Crippen LogP contribution in [0.5, 0.6) is 0 Å². The predicted molar refractivity (Wildman–Crippen MR) is 68.2 cm³/mol. The van der Waals surface area contributed by atoms with E-state index in [4.69, 9.17) is 4.74 Å². The number of ether oxygens (including phenoxy) is 1. The second-order valence-electron chi connectivity index (χ2n) is 5.18. The van der Waals surface area contributed by atoms with E-state index < -0.39 is 17.2 Å². The van der Waals surface area contributed by atoms with Gasteiger partial charge in [0.05, 0.1) is 12.1 Å². The fourth-order valence-electron chi connectivity index (χ4n) is 3.12. The van der Waals surface area contributed by atoms with Gasteiger partial charge in [-0.05, 0) is 43.6 Å². The molecule has 3 rings (SSSR count). The Hall–Kier alpha value is -1.69. The number of hydrogen-bond acceptors (Lipinski definition) is 3. The maximum atomic E-state index is 13.6. The molecule has 4 nitrogen and oxygen atoms in total. The molecule has 0 spiro atoms. The highest BCUT2D eigenvalue weighted by molar-refractivity contribution is 5.71. The zero-order valence-electron chi connectivity index (χ0n) is 11.0. The molecule has 2 heterocycles. The molecule has 2 saturated heterocycles. The second-order valence-corrected chi connectivity index (χ2v) is 5.18. The van der Waals surface area contributed by atoms with Crippen molar-refractivity contribution >= 4 is 6.09 Å². The molecule has 6 heteroatoms. The van der Waals surface area contributed by atoms with Crippen molar-refractivity contribution in [2.24, 2.45) is 0 Å². The first-order valence-electron chi connectivity index (χ1n) is 6.74. The van der Waals surface area contributed by atoms with Gasteiger partial charge in [-0.25, -0.2) is 13.6 Å². The number of amides is 1. The molecule has 2 fully saturated rings. The summed E-state index contributed by atoms with van der Waals surface area (Å²) < 4.78 is 31.7. The first-order chi connectivity index (χ1) is 9.63. The van der Waals surface area contributed by atoms with Crippen molar-refractivity contribution in [3.05, 3.63) is 35.4 Å². The van der Waals surface area contributed by atoms with E-state index in [-0.39, 0.29) is 6.09 Å². The lowest BCUT2D eigenvalue weighted by atomic mass is 9.80. The van der Waals surface area contributed by atoms with E-state index in [9.17, 15) is 13.6 Å². The zero-order valence-corrected chi connectivity index (χ0v) is 11.0. The van der Waals surface area contributed by atoms with Gasteiger partial charge in [0, 0.05) is 0 Å². The normalized spacial score (nSPS) is 21.9. The van der Waals surface area contributed by atoms with Gasteiger partial charge in [-0.3, -0.25) is 4.90 Å². The van der Waals surface area contributed by atoms with Gasteiger partial charge in [-0.2, -0.15) is 0 Å². The lowest BCUT2D eigenvalue weighted by Crippen LogP contribution is -2.52. The number of piperidine rings is 1. The minimum Gasteiger partial charge on any atom is -0.448 e. The van der Waals surface area contributed by atoms with Gasteiger partial charge in [-0.1, -0.05) is 6.07 Å². The summed E-state index contributed by atoms with van der Waals surface area (Å²) in [4.78, 5) is 13.6. The molecule has 0 bridgehead atoms. The number of benzene rings is 1. The second kappa shape index (κ2) is 5.01. The van der Waals surface area contributed by atoms with Gasteiger partial charge < -0.3 is 10.1 Å². The van der Waals surface area contributed by atoms with Gasteiger partial charge in [0.2, 0.25) is 0 Å². The quantitative estimate of drug-likeness (QED) is 0.902. The third-order valence-corrected chi connectivity index (χ3v) is 4.17. The molecule has 0 aromatic heterocycles. The Morgan fingerprint density at radius 2 is 1.95 bits per heavy atom. The van der Waals surface area contributed by atoms with Crippen molar-refractivity contribution in [1.82, 2.24) is 10.2 Å². The monoisotopic (exact) mass is 282 g/mol. The van der Waals surface area contributed by atoms with E-state index in [0.29, 0.717) is 31.6 Å². The predicted octanol–water partition coefficient (Wildman–Crippen LogP) is 2.00. The Kier molecular flexibility index (Phi) is 3.33. The Balaban J connectivity index is 2.04. The van der Waals surface area contributed by atoms with Gasteiger partial charge in [0.25, 0.3) is 0 Å². The summed E-state index contributed by atoms with van der Waals surface area (Å²) in [6.07, 6.45) is 0.942. The number of rotatable bonds is 2. The van der Waals surface area contributed by atoms with Crippen LogP contribution in [0.3, 0.4) is 0 Å². The van der Waals surface area contributed by atoms with Crippen molar-refractivity contribution < 1.29 is 18.3 Å². The molecular weight excluding hydrogens is 266 g/mol. The summed E-state index contributed by atoms with van der Waals surface area (Å²) in [5, 5.41) is 3.23. The minimum absolute atomic E-state index is 0.345. The first kappa shape index (κ1) is 13.3. The van der Waals surface area contributed by atoms with Crippen LogP contribution in [-0.4, -0.2) is 37.2 Å². The maximum absolute atomic E-state index is 13.6. The summed E-state index contributed by atoms with van der Waals surface area (Å²) in [5.74, 6) is -1.75. The van der Waals surface area contributed by atoms with Crippen molar-refractivity contribution in [2.45, 2.75) is 18.4 Å². The van der Waals surface area contributed by atoms with Crippen LogP contribution in [0.25, 0.3) is 0 Å². The third kappa shape index (κ3) is 2.04. The van der Waals surface area contributed by atoms with E-state index in [1.54, 1.807) is 11.0 Å². The van der Waals surface area contributed by atoms with Gasteiger partial charge in [0.1, 0.15) is 6.61 Å². The number of nitrogens with one attached hydrogen (secondary N) is 1. The molecule has 0 aliphatic carbocycles. The van der Waals surface area contributed by atoms with Gasteiger partial charge in [-0.15, -0.1) is 0 Å². The SMILES string of the molecule is O=C1OCCN1C1(c2ccc(F)c(F)c2)CCNCC1. The van der Waals surface area contributed by atoms with Crippen LogP contribution in [-0.2, 0) is 10.3 Å². The number of cyclic esters (lactones) is 1. The third-order valence-electron chi connectivity index (χ3n) is 4.17. The smallest absolute Gasteiger partial charge is 0.410 e. The standard InChI is InChI=1S/C14H16F2N2O2/c15-11-2-1-10(9-12(11)16)14(3-5-17-6-4-14)18-7-8-20-13(18)19/h1-2,9,17H,3-8H2. The van der Waals surface area contributed by atoms with Crippen molar-refractivity contribution in [1.29, 1.82) is 0 Å². The van der Waals surface area contributed by atoms with E-state index in [1.807, 2.05) is 0 Å². The highest BCUT2D eigenvalue weighted by Gasteiger charge is 2.45. The Bertz CT molecular complexity index is 530. The Morgan fingerprint density at radius 1 is 1.20 bits per heavy atom. The number of nitrogens with zero attached hydrogens (tertiary/aromatic N) is 1. The fraction of sp³-hybridized carbons (Fsp3) is 0.500. The highest BCUT2D eigenvalue weighted by Crippen LogP contribution is 2.39. The van der Waals surface area contributed by atoms with Crippen LogP contribution in [0.2, 0.25) is 0 Å². The molecule has 0 saturated carbocycles. The molecule has 1 aromatic carbocycles. The summed E-state index contributed by atoms with van der Waals surface area (Å²) in [6, 6.07) is 3.89. The summed E-state index contributed by atoms with van der Waals surface area (Å²) >= 11 is 0. The molecule has 108 valence electrons.